The maximum Gasteiger partial charge on any atom is 0.297 e. The number of hydrogen-bond donors (Lipinski definition) is 4. The Bertz CT molecular complexity index is 2350. The van der Waals surface area contributed by atoms with Gasteiger partial charge in [-0.15, -0.1) is 10.2 Å². The summed E-state index contributed by atoms with van der Waals surface area (Å²) in [7, 11) is -9.56. The van der Waals surface area contributed by atoms with Crippen molar-refractivity contribution in [1.29, 1.82) is 0 Å². The lowest BCUT2D eigenvalue weighted by Gasteiger charge is -2.02. The van der Waals surface area contributed by atoms with Crippen LogP contribution in [0.4, 0.5) is 34.1 Å². The van der Waals surface area contributed by atoms with Crippen molar-refractivity contribution in [2.24, 2.45) is 20.4 Å². The molecule has 0 aliphatic carbocycles. The summed E-state index contributed by atoms with van der Waals surface area (Å²) in [5, 5.41) is 35.5. The maximum atomic E-state index is 13.2. The molecule has 0 aliphatic rings. The van der Waals surface area contributed by atoms with E-state index in [1.807, 2.05) is 0 Å². The lowest BCUT2D eigenvalue weighted by Crippen LogP contribution is -2.48. The zero-order valence-corrected chi connectivity index (χ0v) is 24.0. The summed E-state index contributed by atoms with van der Waals surface area (Å²) < 4.78 is 64.9. The second kappa shape index (κ2) is 12.9. The van der Waals surface area contributed by atoms with Crippen LogP contribution in [0.25, 0.3) is 0 Å². The van der Waals surface area contributed by atoms with Gasteiger partial charge in [-0.25, -0.2) is 0 Å². The summed E-state index contributed by atoms with van der Waals surface area (Å²) in [6.07, 6.45) is 0. The Morgan fingerprint density at radius 2 is 1.15 bits per heavy atom. The number of nitrogens with zero attached hydrogens (tertiary/aromatic N) is 6. The Morgan fingerprint density at radius 3 is 1.70 bits per heavy atom. The van der Waals surface area contributed by atoms with Gasteiger partial charge in [0.2, 0.25) is 10.9 Å². The molecule has 22 heteroatoms. The summed E-state index contributed by atoms with van der Waals surface area (Å²) in [5.41, 5.74) is 0.608. The van der Waals surface area contributed by atoms with Crippen molar-refractivity contribution in [2.75, 3.05) is 10.9 Å². The van der Waals surface area contributed by atoms with Gasteiger partial charge in [-0.2, -0.15) is 27.0 Å². The van der Waals surface area contributed by atoms with Gasteiger partial charge in [0.15, 0.2) is 5.36 Å². The number of azo groups is 1. The van der Waals surface area contributed by atoms with Crippen LogP contribution in [0.2, 0.25) is 0 Å². The number of benzene rings is 4. The van der Waals surface area contributed by atoms with Gasteiger partial charge in [-0.05, 0) is 42.5 Å². The zero-order valence-electron chi connectivity index (χ0n) is 22.4. The van der Waals surface area contributed by atoms with Crippen LogP contribution in [-0.2, 0) is 20.2 Å². The molecule has 236 valence electrons. The molecule has 0 atom stereocenters. The molecule has 4 rings (SSSR count). The molecule has 0 saturated carbocycles. The van der Waals surface area contributed by atoms with E-state index in [9.17, 15) is 51.2 Å². The fourth-order valence-corrected chi connectivity index (χ4v) is 4.61. The molecule has 46 heavy (non-hydrogen) atoms. The third kappa shape index (κ3) is 7.69. The minimum Gasteiger partial charge on any atom is -0.285 e. The van der Waals surface area contributed by atoms with Crippen LogP contribution in [0.3, 0.4) is 0 Å². The second-order valence-corrected chi connectivity index (χ2v) is 11.6. The van der Waals surface area contributed by atoms with E-state index in [4.69, 9.17) is 4.55 Å². The largest absolute Gasteiger partial charge is 0.297 e. The van der Waals surface area contributed by atoms with Crippen LogP contribution in [0.5, 0.6) is 0 Å². The number of rotatable bonds is 10. The molecule has 0 amide bonds. The normalized spacial score (nSPS) is 12.7. The lowest BCUT2D eigenvalue weighted by molar-refractivity contribution is -0.385. The van der Waals surface area contributed by atoms with E-state index in [2.05, 4.69) is 31.3 Å². The zero-order chi connectivity index (χ0) is 33.8. The maximum absolute atomic E-state index is 13.2. The molecule has 0 aromatic heterocycles. The van der Waals surface area contributed by atoms with E-state index >= 15 is 0 Å². The molecule has 4 aromatic carbocycles. The molecular weight excluding hydrogens is 656 g/mol. The molecular formula is C24H16N8O12S2. The third-order valence-corrected chi connectivity index (χ3v) is 7.45. The molecule has 0 spiro atoms. The topological polar surface area (TPSA) is 303 Å². The number of anilines is 2. The van der Waals surface area contributed by atoms with Crippen LogP contribution in [0, 0.1) is 20.2 Å². The highest BCUT2D eigenvalue weighted by molar-refractivity contribution is 7.86. The van der Waals surface area contributed by atoms with Crippen LogP contribution in [0.15, 0.2) is 113 Å². The highest BCUT2D eigenvalue weighted by Gasteiger charge is 2.21. The average molecular weight is 673 g/mol. The molecule has 0 radical (unpaired) electrons. The van der Waals surface area contributed by atoms with Gasteiger partial charge in [0.1, 0.15) is 21.6 Å². The number of nitro groups is 2. The fourth-order valence-electron chi connectivity index (χ4n) is 3.48. The Balaban J connectivity index is 1.85. The summed E-state index contributed by atoms with van der Waals surface area (Å²) in [5.74, 6) is 0. The third-order valence-electron chi connectivity index (χ3n) is 5.70. The van der Waals surface area contributed by atoms with Gasteiger partial charge in [-0.3, -0.25) is 49.8 Å². The Morgan fingerprint density at radius 1 is 0.630 bits per heavy atom. The SMILES string of the molecule is O=c1c(N=Nc2ccc([N+](=O)[O-])cc2S(=O)(=O)O)cc(=NNc2ccc(S(=O)(=O)O)cc2)c(=O)c1=NNc1ccc([N+](=O)[O-])cc1. The Kier molecular flexibility index (Phi) is 9.18. The van der Waals surface area contributed by atoms with E-state index in [-0.39, 0.29) is 17.1 Å². The summed E-state index contributed by atoms with van der Waals surface area (Å²) >= 11 is 0. The molecule has 4 N–H and O–H groups in total. The van der Waals surface area contributed by atoms with Crippen molar-refractivity contribution in [1.82, 2.24) is 0 Å². The van der Waals surface area contributed by atoms with Gasteiger partial charge in [0, 0.05) is 30.3 Å². The summed E-state index contributed by atoms with van der Waals surface area (Å²) in [6.45, 7) is 0. The van der Waals surface area contributed by atoms with E-state index in [1.54, 1.807) is 0 Å². The van der Waals surface area contributed by atoms with Crippen LogP contribution in [0.1, 0.15) is 0 Å². The van der Waals surface area contributed by atoms with E-state index in [0.717, 1.165) is 42.5 Å². The average Bonchev–Trinajstić information content (AvgIpc) is 2.99. The highest BCUT2D eigenvalue weighted by atomic mass is 32.2. The molecule has 0 saturated heterocycles. The van der Waals surface area contributed by atoms with Crippen molar-refractivity contribution in [2.45, 2.75) is 9.79 Å². The molecule has 0 heterocycles. The van der Waals surface area contributed by atoms with Gasteiger partial charge in [-0.1, -0.05) is 0 Å². The van der Waals surface area contributed by atoms with Crippen LogP contribution < -0.4 is 32.4 Å². The Labute approximate surface area is 255 Å². The lowest BCUT2D eigenvalue weighted by atomic mass is 10.2. The van der Waals surface area contributed by atoms with Crippen molar-refractivity contribution < 1.29 is 35.8 Å². The molecule has 4 aromatic rings. The number of non-ortho nitro benzene ring substituents is 2. The first kappa shape index (κ1) is 32.8. The molecule has 0 aliphatic heterocycles. The monoisotopic (exact) mass is 672 g/mol. The fraction of sp³-hybridized carbons (Fsp3) is 0. The van der Waals surface area contributed by atoms with Crippen molar-refractivity contribution >= 4 is 54.4 Å². The summed E-state index contributed by atoms with van der Waals surface area (Å²) in [4.78, 5) is 45.3. The van der Waals surface area contributed by atoms with Gasteiger partial charge >= 0.3 is 0 Å². The standard InChI is InChI=1S/C24H16N8O12S2/c33-23-19(28-25-14-3-8-17(9-4-14)45(39,40)41)12-20(24(34)22(23)30-26-13-1-5-15(6-2-13)31(35)36)29-27-18-10-7-16(32(37)38)11-21(18)46(42,43)44/h1-12,25-26H,(H,39,40,41)(H,42,43,44). The minimum absolute atomic E-state index is 0.118. The predicted molar refractivity (Wildman–Crippen MR) is 156 cm³/mol. The predicted octanol–water partition coefficient (Wildman–Crippen LogP) is 1.86. The molecule has 0 unspecified atom stereocenters. The van der Waals surface area contributed by atoms with E-state index < -0.39 is 78.5 Å². The van der Waals surface area contributed by atoms with Gasteiger partial charge < -0.3 is 0 Å². The van der Waals surface area contributed by atoms with Crippen molar-refractivity contribution in [3.05, 3.63) is 124 Å². The van der Waals surface area contributed by atoms with Crippen LogP contribution in [-0.4, -0.2) is 35.8 Å². The van der Waals surface area contributed by atoms with Crippen molar-refractivity contribution in [3.8, 4) is 0 Å². The number of nitrogens with one attached hydrogen (secondary N) is 2. The number of hydrogen-bond acceptors (Lipinski definition) is 16. The minimum atomic E-state index is -5.07. The van der Waals surface area contributed by atoms with E-state index in [0.29, 0.717) is 6.07 Å². The molecule has 0 bridgehead atoms. The van der Waals surface area contributed by atoms with E-state index in [1.165, 1.54) is 24.3 Å². The highest BCUT2D eigenvalue weighted by Crippen LogP contribution is 2.29. The smallest absolute Gasteiger partial charge is 0.285 e. The van der Waals surface area contributed by atoms with Gasteiger partial charge in [0.05, 0.1) is 26.1 Å². The quantitative estimate of drug-likeness (QED) is 0.0809. The summed E-state index contributed by atoms with van der Waals surface area (Å²) in [6, 6.07) is 12.2. The first-order valence-corrected chi connectivity index (χ1v) is 14.9. The Hall–Kier alpha value is -6.10. The molecule has 0 fully saturated rings. The first-order chi connectivity index (χ1) is 21.5. The van der Waals surface area contributed by atoms with Crippen molar-refractivity contribution in [3.63, 3.8) is 0 Å². The second-order valence-electron chi connectivity index (χ2n) is 8.76. The molecule has 20 nitrogen and oxygen atoms in total. The van der Waals surface area contributed by atoms with Crippen LogP contribution >= 0.6 is 0 Å². The number of nitro benzene ring substituents is 2. The first-order valence-electron chi connectivity index (χ1n) is 12.0. The van der Waals surface area contributed by atoms with Gasteiger partial charge in [0.25, 0.3) is 31.6 Å².